The number of carbonyl (C=O) groups excluding carboxylic acids is 1. The molecule has 3 aliphatic heterocycles. The Bertz CT molecular complexity index is 1080. The zero-order valence-corrected chi connectivity index (χ0v) is 16.7. The molecule has 0 radical (unpaired) electrons. The van der Waals surface area contributed by atoms with Crippen molar-refractivity contribution < 1.29 is 13.2 Å². The van der Waals surface area contributed by atoms with Crippen LogP contribution in [0.3, 0.4) is 0 Å². The number of hydrogen-bond donors (Lipinski definition) is 1. The highest BCUT2D eigenvalue weighted by atomic mass is 32.2. The quantitative estimate of drug-likeness (QED) is 0.829. The molecule has 0 atom stereocenters. The fourth-order valence-electron chi connectivity index (χ4n) is 4.88. The van der Waals surface area contributed by atoms with Crippen LogP contribution in [0.5, 0.6) is 0 Å². The van der Waals surface area contributed by atoms with Gasteiger partial charge in [-0.2, -0.15) is 9.42 Å². The maximum atomic E-state index is 13.1. The molecule has 1 aliphatic carbocycles. The second kappa shape index (κ2) is 5.61. The third-order valence-electron chi connectivity index (χ3n) is 6.16. The van der Waals surface area contributed by atoms with Crippen molar-refractivity contribution in [2.45, 2.75) is 31.6 Å². The summed E-state index contributed by atoms with van der Waals surface area (Å²) < 4.78 is 27.5. The Morgan fingerprint density at radius 2 is 1.82 bits per heavy atom. The maximum absolute atomic E-state index is 13.1. The number of dihydropyridines is 1. The Labute approximate surface area is 164 Å². The van der Waals surface area contributed by atoms with Crippen LogP contribution >= 0.6 is 0 Å². The number of azo groups is 1. The summed E-state index contributed by atoms with van der Waals surface area (Å²) in [5.41, 5.74) is 1.85. The Balaban J connectivity index is 1.55. The second-order valence-corrected chi connectivity index (χ2v) is 10.8. The summed E-state index contributed by atoms with van der Waals surface area (Å²) in [7, 11) is -3.59. The van der Waals surface area contributed by atoms with Gasteiger partial charge in [-0.05, 0) is 24.0 Å². The van der Waals surface area contributed by atoms with Crippen molar-refractivity contribution in [3.8, 4) is 0 Å². The van der Waals surface area contributed by atoms with E-state index in [1.165, 1.54) is 4.31 Å². The van der Waals surface area contributed by atoms with E-state index in [1.54, 1.807) is 30.3 Å². The van der Waals surface area contributed by atoms with Crippen LogP contribution in [0.25, 0.3) is 0 Å². The van der Waals surface area contributed by atoms with Gasteiger partial charge in [-0.15, -0.1) is 5.11 Å². The molecule has 0 bridgehead atoms. The predicted molar refractivity (Wildman–Crippen MR) is 103 cm³/mol. The van der Waals surface area contributed by atoms with Gasteiger partial charge in [0, 0.05) is 36.4 Å². The molecular formula is C20H22N4O3S. The largest absolute Gasteiger partial charge is 0.342 e. The average molecular weight is 398 g/mol. The van der Waals surface area contributed by atoms with Gasteiger partial charge in [-0.25, -0.2) is 8.42 Å². The van der Waals surface area contributed by atoms with Gasteiger partial charge in [0.2, 0.25) is 10.0 Å². The Morgan fingerprint density at radius 1 is 1.11 bits per heavy atom. The van der Waals surface area contributed by atoms with Crippen molar-refractivity contribution in [1.82, 2.24) is 9.62 Å². The lowest BCUT2D eigenvalue weighted by Crippen LogP contribution is -2.63. The molecule has 0 amide bonds. The van der Waals surface area contributed by atoms with Crippen molar-refractivity contribution >= 4 is 15.8 Å². The summed E-state index contributed by atoms with van der Waals surface area (Å²) in [6, 6.07) is 8.44. The molecule has 8 heteroatoms. The lowest BCUT2D eigenvalue weighted by Gasteiger charge is -2.54. The van der Waals surface area contributed by atoms with Gasteiger partial charge in [0.25, 0.3) is 0 Å². The Kier molecular flexibility index (Phi) is 3.56. The van der Waals surface area contributed by atoms with Crippen LogP contribution in [0, 0.1) is 10.8 Å². The molecule has 146 valence electrons. The SMILES string of the molecule is CC1(C)CC(=O)C2=C(C1)NC1=C(CN=N1)C21CN(S(=O)(=O)c2ccccc2)C1. The van der Waals surface area contributed by atoms with Gasteiger partial charge in [0.1, 0.15) is 0 Å². The lowest BCUT2D eigenvalue weighted by atomic mass is 9.60. The minimum absolute atomic E-state index is 0.106. The van der Waals surface area contributed by atoms with Crippen molar-refractivity contribution in [1.29, 1.82) is 0 Å². The summed E-state index contributed by atoms with van der Waals surface area (Å²) in [6.45, 7) is 5.10. The molecule has 1 aromatic rings. The summed E-state index contributed by atoms with van der Waals surface area (Å²) in [6.07, 6.45) is 1.21. The number of carbonyl (C=O) groups is 1. The number of sulfonamides is 1. The molecule has 1 fully saturated rings. The number of hydrogen-bond acceptors (Lipinski definition) is 6. The highest BCUT2D eigenvalue weighted by Gasteiger charge is 2.59. The molecule has 1 N–H and O–H groups in total. The van der Waals surface area contributed by atoms with Crippen LogP contribution in [0.4, 0.5) is 0 Å². The summed E-state index contributed by atoms with van der Waals surface area (Å²) >= 11 is 0. The second-order valence-electron chi connectivity index (χ2n) is 8.81. The normalized spacial score (nSPS) is 25.4. The monoisotopic (exact) mass is 398 g/mol. The topological polar surface area (TPSA) is 91.2 Å². The third-order valence-corrected chi connectivity index (χ3v) is 7.97. The van der Waals surface area contributed by atoms with E-state index >= 15 is 0 Å². The summed E-state index contributed by atoms with van der Waals surface area (Å²) in [5, 5.41) is 11.7. The first-order chi connectivity index (χ1) is 13.2. The van der Waals surface area contributed by atoms with Gasteiger partial charge >= 0.3 is 0 Å². The molecule has 1 aromatic carbocycles. The Morgan fingerprint density at radius 3 is 2.54 bits per heavy atom. The number of Topliss-reactive ketones (excluding diaryl/α,β-unsaturated/α-hetero) is 1. The minimum Gasteiger partial charge on any atom is -0.342 e. The highest BCUT2D eigenvalue weighted by Crippen LogP contribution is 2.55. The van der Waals surface area contributed by atoms with Crippen LogP contribution in [0.15, 0.2) is 68.1 Å². The molecule has 1 saturated heterocycles. The average Bonchev–Trinajstić information content (AvgIpc) is 3.06. The van der Waals surface area contributed by atoms with Crippen molar-refractivity contribution in [2.75, 3.05) is 19.6 Å². The van der Waals surface area contributed by atoms with Gasteiger partial charge in [-0.3, -0.25) is 4.79 Å². The Hall–Kier alpha value is -2.32. The summed E-state index contributed by atoms with van der Waals surface area (Å²) in [5.74, 6) is 0.801. The smallest absolute Gasteiger partial charge is 0.243 e. The predicted octanol–water partition coefficient (Wildman–Crippen LogP) is 2.60. The molecule has 0 unspecified atom stereocenters. The fraction of sp³-hybridized carbons (Fsp3) is 0.450. The first-order valence-electron chi connectivity index (χ1n) is 9.43. The van der Waals surface area contributed by atoms with Crippen LogP contribution < -0.4 is 5.32 Å². The zero-order valence-electron chi connectivity index (χ0n) is 15.9. The maximum Gasteiger partial charge on any atom is 0.243 e. The van der Waals surface area contributed by atoms with E-state index < -0.39 is 15.4 Å². The standard InChI is InChI=1S/C20H22N4O3S/c1-19(2)8-15-17(16(25)9-19)20(14-10-21-23-18(14)22-15)11-24(12-20)28(26,27)13-6-4-3-5-7-13/h3-7,22H,8-12H2,1-2H3. The number of rotatable bonds is 2. The van der Waals surface area contributed by atoms with Crippen LogP contribution in [0.1, 0.15) is 26.7 Å². The van der Waals surface area contributed by atoms with Crippen LogP contribution in [-0.2, 0) is 14.8 Å². The third kappa shape index (κ3) is 2.37. The number of allylic oxidation sites excluding steroid dienone is 1. The molecule has 4 aliphatic rings. The molecule has 0 aromatic heterocycles. The van der Waals surface area contributed by atoms with Crippen molar-refractivity contribution in [2.24, 2.45) is 21.1 Å². The molecule has 28 heavy (non-hydrogen) atoms. The molecule has 0 saturated carbocycles. The highest BCUT2D eigenvalue weighted by molar-refractivity contribution is 7.89. The first-order valence-corrected chi connectivity index (χ1v) is 10.9. The van der Waals surface area contributed by atoms with Crippen LogP contribution in [0.2, 0.25) is 0 Å². The number of nitrogens with one attached hydrogen (secondary N) is 1. The first kappa shape index (κ1) is 17.8. The lowest BCUT2D eigenvalue weighted by molar-refractivity contribution is -0.120. The van der Waals surface area contributed by atoms with E-state index in [9.17, 15) is 13.2 Å². The van der Waals surface area contributed by atoms with Crippen molar-refractivity contribution in [3.05, 3.63) is 53.0 Å². The number of benzene rings is 1. The van der Waals surface area contributed by atoms with E-state index in [0.717, 1.165) is 23.3 Å². The minimum atomic E-state index is -3.59. The molecule has 3 heterocycles. The number of fused-ring (bicyclic) bond motifs is 2. The fourth-order valence-corrected chi connectivity index (χ4v) is 6.46. The summed E-state index contributed by atoms with van der Waals surface area (Å²) in [4.78, 5) is 13.4. The van der Waals surface area contributed by atoms with E-state index in [1.807, 2.05) is 0 Å². The van der Waals surface area contributed by atoms with Crippen LogP contribution in [-0.4, -0.2) is 38.1 Å². The van der Waals surface area contributed by atoms with Gasteiger partial charge < -0.3 is 5.32 Å². The van der Waals surface area contributed by atoms with Gasteiger partial charge in [0.05, 0.1) is 16.9 Å². The zero-order chi connectivity index (χ0) is 19.7. The van der Waals surface area contributed by atoms with Gasteiger partial charge in [-0.1, -0.05) is 32.0 Å². The van der Waals surface area contributed by atoms with E-state index in [4.69, 9.17) is 0 Å². The number of nitrogens with zero attached hydrogens (tertiary/aromatic N) is 3. The number of ketones is 1. The molecule has 7 nitrogen and oxygen atoms in total. The molecule has 1 spiro atoms. The van der Waals surface area contributed by atoms with E-state index in [-0.39, 0.29) is 29.2 Å². The van der Waals surface area contributed by atoms with Gasteiger partial charge in [0.15, 0.2) is 11.6 Å². The van der Waals surface area contributed by atoms with E-state index in [2.05, 4.69) is 29.4 Å². The van der Waals surface area contributed by atoms with Crippen molar-refractivity contribution in [3.63, 3.8) is 0 Å². The van der Waals surface area contributed by atoms with E-state index in [0.29, 0.717) is 18.8 Å². The molecule has 5 rings (SSSR count). The molecular weight excluding hydrogens is 376 g/mol.